The Morgan fingerprint density at radius 2 is 2.19 bits per heavy atom. The van der Waals surface area contributed by atoms with Gasteiger partial charge in [-0.3, -0.25) is 4.98 Å². The first-order chi connectivity index (χ1) is 7.59. The second-order valence-electron chi connectivity index (χ2n) is 3.60. The number of rotatable bonds is 2. The molecule has 2 heterocycles. The molecule has 0 amide bonds. The maximum atomic E-state index is 5.67. The van der Waals surface area contributed by atoms with Crippen molar-refractivity contribution in [2.75, 3.05) is 0 Å². The summed E-state index contributed by atoms with van der Waals surface area (Å²) in [5.74, 6) is 0. The van der Waals surface area contributed by atoms with Crippen molar-refractivity contribution < 1.29 is 0 Å². The molecule has 0 aliphatic heterocycles. The second kappa shape index (κ2) is 4.02. The van der Waals surface area contributed by atoms with Gasteiger partial charge >= 0.3 is 0 Å². The smallest absolute Gasteiger partial charge is 0.106 e. The Hall–Kier alpha value is -1.75. The maximum absolute atomic E-state index is 5.67. The molecule has 0 unspecified atom stereocenters. The zero-order chi connectivity index (χ0) is 11.7. The first kappa shape index (κ1) is 10.8. The van der Waals surface area contributed by atoms with E-state index in [4.69, 9.17) is 18.0 Å². The monoisotopic (exact) mass is 232 g/mol. The van der Waals surface area contributed by atoms with Gasteiger partial charge in [0.05, 0.1) is 17.6 Å². The molecule has 2 rings (SSSR count). The van der Waals surface area contributed by atoms with E-state index in [-0.39, 0.29) is 0 Å². The summed E-state index contributed by atoms with van der Waals surface area (Å²) >= 11 is 5.01. The Kier molecular flexibility index (Phi) is 2.70. The number of hydrogen-bond acceptors (Lipinski definition) is 3. The van der Waals surface area contributed by atoms with Gasteiger partial charge in [0.2, 0.25) is 0 Å². The first-order valence-electron chi connectivity index (χ1n) is 4.87. The Bertz CT molecular complexity index is 545. The number of pyridine rings is 1. The molecule has 2 N–H and O–H groups in total. The summed E-state index contributed by atoms with van der Waals surface area (Å²) in [6.45, 7) is 3.93. The van der Waals surface area contributed by atoms with E-state index in [9.17, 15) is 0 Å². The van der Waals surface area contributed by atoms with Crippen LogP contribution in [0.5, 0.6) is 0 Å². The molecule has 4 nitrogen and oxygen atoms in total. The number of thiocarbonyl (C=S) groups is 1. The second-order valence-corrected chi connectivity index (χ2v) is 4.04. The van der Waals surface area contributed by atoms with Gasteiger partial charge in [0.15, 0.2) is 0 Å². The highest BCUT2D eigenvalue weighted by Gasteiger charge is 2.10. The minimum atomic E-state index is 0.352. The van der Waals surface area contributed by atoms with Gasteiger partial charge in [0.1, 0.15) is 4.99 Å². The first-order valence-corrected chi connectivity index (χ1v) is 5.28. The van der Waals surface area contributed by atoms with Gasteiger partial charge in [-0.2, -0.15) is 5.10 Å². The highest BCUT2D eigenvalue weighted by Crippen LogP contribution is 2.15. The Morgan fingerprint density at radius 1 is 1.44 bits per heavy atom. The van der Waals surface area contributed by atoms with Crippen LogP contribution < -0.4 is 5.73 Å². The van der Waals surface area contributed by atoms with Crippen molar-refractivity contribution >= 4 is 17.2 Å². The topological polar surface area (TPSA) is 56.7 Å². The van der Waals surface area contributed by atoms with Gasteiger partial charge < -0.3 is 5.73 Å². The molecule has 82 valence electrons. The molecule has 5 heteroatoms. The molecular formula is C11H12N4S. The van der Waals surface area contributed by atoms with Crippen LogP contribution in [0.4, 0.5) is 0 Å². The molecule has 0 aliphatic rings. The maximum Gasteiger partial charge on any atom is 0.106 e. The molecule has 2 aromatic rings. The lowest BCUT2D eigenvalue weighted by Crippen LogP contribution is -2.14. The van der Waals surface area contributed by atoms with Crippen LogP contribution in [0.1, 0.15) is 17.0 Å². The number of nitrogens with zero attached hydrogens (tertiary/aromatic N) is 3. The largest absolute Gasteiger partial charge is 0.389 e. The third kappa shape index (κ3) is 1.81. The number of aromatic nitrogens is 3. The summed E-state index contributed by atoms with van der Waals surface area (Å²) in [5, 5.41) is 4.38. The van der Waals surface area contributed by atoms with Crippen LogP contribution in [0.25, 0.3) is 5.69 Å². The third-order valence-corrected chi connectivity index (χ3v) is 2.52. The van der Waals surface area contributed by atoms with E-state index in [1.807, 2.05) is 19.9 Å². The molecular weight excluding hydrogens is 220 g/mol. The van der Waals surface area contributed by atoms with E-state index in [0.29, 0.717) is 4.99 Å². The van der Waals surface area contributed by atoms with Gasteiger partial charge in [-0.15, -0.1) is 0 Å². The van der Waals surface area contributed by atoms with Crippen LogP contribution in [-0.2, 0) is 0 Å². The van der Waals surface area contributed by atoms with Crippen LogP contribution in [0, 0.1) is 13.8 Å². The van der Waals surface area contributed by atoms with Crippen molar-refractivity contribution in [1.82, 2.24) is 14.8 Å². The lowest BCUT2D eigenvalue weighted by atomic mass is 10.2. The summed E-state index contributed by atoms with van der Waals surface area (Å²) in [6, 6.07) is 3.80. The molecule has 0 atom stereocenters. The zero-order valence-corrected chi connectivity index (χ0v) is 9.95. The minimum Gasteiger partial charge on any atom is -0.389 e. The molecule has 16 heavy (non-hydrogen) atoms. The Balaban J connectivity index is 2.64. The molecule has 0 aromatic carbocycles. The van der Waals surface area contributed by atoms with Crippen molar-refractivity contribution in [3.63, 3.8) is 0 Å². The fourth-order valence-electron chi connectivity index (χ4n) is 1.64. The van der Waals surface area contributed by atoms with Gasteiger partial charge in [-0.25, -0.2) is 4.68 Å². The fraction of sp³-hybridized carbons (Fsp3) is 0.182. The molecule has 0 fully saturated rings. The fourth-order valence-corrected chi connectivity index (χ4v) is 1.81. The van der Waals surface area contributed by atoms with Crippen molar-refractivity contribution in [2.45, 2.75) is 13.8 Å². The van der Waals surface area contributed by atoms with E-state index in [2.05, 4.69) is 10.1 Å². The Labute approximate surface area is 99.1 Å². The molecule has 0 spiro atoms. The van der Waals surface area contributed by atoms with Crippen molar-refractivity contribution in [3.8, 4) is 5.69 Å². The summed E-state index contributed by atoms with van der Waals surface area (Å²) in [4.78, 5) is 4.43. The molecule has 2 aromatic heterocycles. The van der Waals surface area contributed by atoms with E-state index >= 15 is 0 Å². The third-order valence-electron chi connectivity index (χ3n) is 2.30. The normalized spacial score (nSPS) is 10.4. The molecule has 0 saturated heterocycles. The highest BCUT2D eigenvalue weighted by molar-refractivity contribution is 7.80. The average molecular weight is 232 g/mol. The summed E-state index contributed by atoms with van der Waals surface area (Å²) in [7, 11) is 0. The van der Waals surface area contributed by atoms with Crippen molar-refractivity contribution in [2.24, 2.45) is 5.73 Å². The van der Waals surface area contributed by atoms with Gasteiger partial charge in [0, 0.05) is 17.5 Å². The highest BCUT2D eigenvalue weighted by atomic mass is 32.1. The van der Waals surface area contributed by atoms with E-state index in [1.165, 1.54) is 0 Å². The minimum absolute atomic E-state index is 0.352. The summed E-state index contributed by atoms with van der Waals surface area (Å²) in [5.41, 5.74) is 9.26. The number of hydrogen-bond donors (Lipinski definition) is 1. The van der Waals surface area contributed by atoms with Gasteiger partial charge in [-0.1, -0.05) is 12.2 Å². The average Bonchev–Trinajstić information content (AvgIpc) is 2.57. The molecule has 0 radical (unpaired) electrons. The molecule has 0 saturated carbocycles. The lowest BCUT2D eigenvalue weighted by molar-refractivity contribution is 0.827. The SMILES string of the molecule is Cc1cc(C)n(-c2cnccc2C(N)=S)n1. The van der Waals surface area contributed by atoms with Crippen LogP contribution in [-0.4, -0.2) is 19.8 Å². The predicted molar refractivity (Wildman–Crippen MR) is 66.7 cm³/mol. The van der Waals surface area contributed by atoms with Crippen molar-refractivity contribution in [3.05, 3.63) is 41.5 Å². The van der Waals surface area contributed by atoms with Crippen LogP contribution in [0.3, 0.4) is 0 Å². The predicted octanol–water partition coefficient (Wildman–Crippen LogP) is 1.52. The van der Waals surface area contributed by atoms with Crippen molar-refractivity contribution in [1.29, 1.82) is 0 Å². The van der Waals surface area contributed by atoms with Gasteiger partial charge in [0.25, 0.3) is 0 Å². The van der Waals surface area contributed by atoms with Crippen LogP contribution in [0.15, 0.2) is 24.5 Å². The quantitative estimate of drug-likeness (QED) is 0.798. The summed E-state index contributed by atoms with van der Waals surface area (Å²) < 4.78 is 1.80. The van der Waals surface area contributed by atoms with E-state index in [0.717, 1.165) is 22.6 Å². The molecule has 0 aliphatic carbocycles. The standard InChI is InChI=1S/C11H12N4S/c1-7-5-8(2)15(14-7)10-6-13-4-3-9(10)11(12)16/h3-6H,1-2H3,(H2,12,16). The number of aryl methyl sites for hydroxylation is 2. The van der Waals surface area contributed by atoms with E-state index in [1.54, 1.807) is 23.1 Å². The van der Waals surface area contributed by atoms with E-state index < -0.39 is 0 Å². The Morgan fingerprint density at radius 3 is 2.75 bits per heavy atom. The zero-order valence-electron chi connectivity index (χ0n) is 9.14. The van der Waals surface area contributed by atoms with Gasteiger partial charge in [-0.05, 0) is 26.0 Å². The van der Waals surface area contributed by atoms with Crippen LogP contribution >= 0.6 is 12.2 Å². The summed E-state index contributed by atoms with van der Waals surface area (Å²) in [6.07, 6.45) is 3.39. The molecule has 0 bridgehead atoms. The lowest BCUT2D eigenvalue weighted by Gasteiger charge is -2.08. The number of nitrogens with two attached hydrogens (primary N) is 1. The van der Waals surface area contributed by atoms with Crippen LogP contribution in [0.2, 0.25) is 0 Å².